The highest BCUT2D eigenvalue weighted by atomic mass is 32.2. The molecule has 1 amide bonds. The maximum absolute atomic E-state index is 12.5. The van der Waals surface area contributed by atoms with Gasteiger partial charge < -0.3 is 14.8 Å². The lowest BCUT2D eigenvalue weighted by Crippen LogP contribution is -2.30. The van der Waals surface area contributed by atoms with Gasteiger partial charge in [-0.3, -0.25) is 4.79 Å². The number of benzene rings is 2. The van der Waals surface area contributed by atoms with E-state index in [0.717, 1.165) is 0 Å². The van der Waals surface area contributed by atoms with Gasteiger partial charge in [-0.1, -0.05) is 19.9 Å². The number of hydrogen-bond donors (Lipinski definition) is 1. The van der Waals surface area contributed by atoms with Gasteiger partial charge in [0.25, 0.3) is 0 Å². The first kappa shape index (κ1) is 23.9. The molecule has 0 bridgehead atoms. The van der Waals surface area contributed by atoms with Gasteiger partial charge in [0, 0.05) is 24.9 Å². The predicted octanol–water partition coefficient (Wildman–Crippen LogP) is 3.28. The number of carbonyl (C=O) groups is 1. The largest absolute Gasteiger partial charge is 0.493 e. The average Bonchev–Trinajstić information content (AvgIpc) is 2.77. The number of ether oxygens (including phenoxy) is 2. The summed E-state index contributed by atoms with van der Waals surface area (Å²) in [5.41, 5.74) is 1.18. The first-order valence-electron chi connectivity index (χ1n) is 9.62. The van der Waals surface area contributed by atoms with Crippen molar-refractivity contribution in [2.75, 3.05) is 32.1 Å². The van der Waals surface area contributed by atoms with E-state index in [1.165, 1.54) is 29.6 Å². The molecule has 0 aromatic heterocycles. The second-order valence-electron chi connectivity index (χ2n) is 6.29. The SMILES string of the molecule is CCN(CC)S(=O)(=O)c1ccc(NC(=O)/C=C/c2ccc(OCC#N)c(OC)c2)cc1. The topological polar surface area (TPSA) is 109 Å². The standard InChI is InChI=1S/C22H25N3O5S/c1-4-25(5-2)31(27,28)19-10-8-18(9-11-19)24-22(26)13-7-17-6-12-20(30-15-14-23)21(16-17)29-3/h6-13,16H,4-5,15H2,1-3H3,(H,24,26)/b13-7+. The highest BCUT2D eigenvalue weighted by molar-refractivity contribution is 7.89. The van der Waals surface area contributed by atoms with Gasteiger partial charge in [0.1, 0.15) is 6.07 Å². The third kappa shape index (κ3) is 6.31. The number of amides is 1. The lowest BCUT2D eigenvalue weighted by Gasteiger charge is -2.18. The molecule has 0 heterocycles. The van der Waals surface area contributed by atoms with Crippen molar-refractivity contribution < 1.29 is 22.7 Å². The summed E-state index contributed by atoms with van der Waals surface area (Å²) in [5, 5.41) is 11.3. The maximum Gasteiger partial charge on any atom is 0.248 e. The summed E-state index contributed by atoms with van der Waals surface area (Å²) >= 11 is 0. The minimum absolute atomic E-state index is 0.0943. The van der Waals surface area contributed by atoms with Gasteiger partial charge in [-0.25, -0.2) is 8.42 Å². The van der Waals surface area contributed by atoms with Crippen LogP contribution in [0, 0.1) is 11.3 Å². The van der Waals surface area contributed by atoms with Gasteiger partial charge in [-0.15, -0.1) is 0 Å². The van der Waals surface area contributed by atoms with E-state index in [-0.39, 0.29) is 17.4 Å². The van der Waals surface area contributed by atoms with E-state index in [4.69, 9.17) is 14.7 Å². The van der Waals surface area contributed by atoms with Gasteiger partial charge in [0.15, 0.2) is 18.1 Å². The first-order valence-corrected chi connectivity index (χ1v) is 11.1. The summed E-state index contributed by atoms with van der Waals surface area (Å²) in [6, 6.07) is 13.0. The monoisotopic (exact) mass is 443 g/mol. The molecule has 0 aliphatic carbocycles. The number of anilines is 1. The zero-order valence-corrected chi connectivity index (χ0v) is 18.5. The molecule has 2 aromatic carbocycles. The number of nitrogens with zero attached hydrogens (tertiary/aromatic N) is 2. The van der Waals surface area contributed by atoms with Crippen molar-refractivity contribution in [1.82, 2.24) is 4.31 Å². The van der Waals surface area contributed by atoms with Gasteiger partial charge in [0.2, 0.25) is 15.9 Å². The van der Waals surface area contributed by atoms with E-state index in [9.17, 15) is 13.2 Å². The van der Waals surface area contributed by atoms with E-state index in [1.54, 1.807) is 50.3 Å². The highest BCUT2D eigenvalue weighted by Crippen LogP contribution is 2.28. The summed E-state index contributed by atoms with van der Waals surface area (Å²) in [5.74, 6) is 0.510. The van der Waals surface area contributed by atoms with Gasteiger partial charge in [0.05, 0.1) is 12.0 Å². The molecule has 8 nitrogen and oxygen atoms in total. The van der Waals surface area contributed by atoms with Gasteiger partial charge in [-0.2, -0.15) is 9.57 Å². The Morgan fingerprint density at radius 3 is 2.39 bits per heavy atom. The number of rotatable bonds is 10. The lowest BCUT2D eigenvalue weighted by molar-refractivity contribution is -0.111. The Morgan fingerprint density at radius 1 is 1.13 bits per heavy atom. The van der Waals surface area contributed by atoms with Crippen LogP contribution in [-0.4, -0.2) is 45.4 Å². The Hall–Kier alpha value is -3.35. The molecular formula is C22H25N3O5S. The molecule has 0 unspecified atom stereocenters. The van der Waals surface area contributed by atoms with E-state index < -0.39 is 10.0 Å². The fourth-order valence-corrected chi connectivity index (χ4v) is 4.25. The summed E-state index contributed by atoms with van der Waals surface area (Å²) in [4.78, 5) is 12.4. The molecule has 0 atom stereocenters. The van der Waals surface area contributed by atoms with Crippen LogP contribution in [0.1, 0.15) is 19.4 Å². The molecule has 1 N–H and O–H groups in total. The van der Waals surface area contributed by atoms with E-state index in [2.05, 4.69) is 5.32 Å². The van der Waals surface area contributed by atoms with Crippen LogP contribution >= 0.6 is 0 Å². The smallest absolute Gasteiger partial charge is 0.248 e. The van der Waals surface area contributed by atoms with E-state index in [0.29, 0.717) is 35.8 Å². The minimum atomic E-state index is -3.54. The molecule has 0 aliphatic rings. The number of hydrogen-bond acceptors (Lipinski definition) is 6. The van der Waals surface area contributed by atoms with Gasteiger partial charge >= 0.3 is 0 Å². The van der Waals surface area contributed by atoms with Crippen molar-refractivity contribution in [3.8, 4) is 17.6 Å². The summed E-state index contributed by atoms with van der Waals surface area (Å²) in [6.07, 6.45) is 2.95. The van der Waals surface area contributed by atoms with Crippen LogP contribution in [0.4, 0.5) is 5.69 Å². The minimum Gasteiger partial charge on any atom is -0.493 e. The molecule has 0 radical (unpaired) electrons. The van der Waals surface area contributed by atoms with Crippen molar-refractivity contribution in [1.29, 1.82) is 5.26 Å². The van der Waals surface area contributed by atoms with Crippen molar-refractivity contribution in [2.24, 2.45) is 0 Å². The van der Waals surface area contributed by atoms with Crippen molar-refractivity contribution in [3.05, 3.63) is 54.1 Å². The van der Waals surface area contributed by atoms with Crippen LogP contribution < -0.4 is 14.8 Å². The molecule has 0 saturated carbocycles. The molecule has 2 rings (SSSR count). The average molecular weight is 444 g/mol. The molecule has 31 heavy (non-hydrogen) atoms. The number of nitrogens with one attached hydrogen (secondary N) is 1. The molecule has 0 saturated heterocycles. The Balaban J connectivity index is 2.06. The summed E-state index contributed by atoms with van der Waals surface area (Å²) in [7, 11) is -2.06. The molecule has 0 fully saturated rings. The second-order valence-corrected chi connectivity index (χ2v) is 8.23. The third-order valence-corrected chi connectivity index (χ3v) is 6.44. The van der Waals surface area contributed by atoms with E-state index in [1.807, 2.05) is 6.07 Å². The van der Waals surface area contributed by atoms with Crippen LogP contribution in [0.15, 0.2) is 53.4 Å². The highest BCUT2D eigenvalue weighted by Gasteiger charge is 2.21. The number of methoxy groups -OCH3 is 1. The molecular weight excluding hydrogens is 418 g/mol. The van der Waals surface area contributed by atoms with Crippen LogP contribution in [0.25, 0.3) is 6.08 Å². The lowest BCUT2D eigenvalue weighted by atomic mass is 10.2. The van der Waals surface area contributed by atoms with Crippen LogP contribution in [-0.2, 0) is 14.8 Å². The maximum atomic E-state index is 12.5. The first-order chi connectivity index (χ1) is 14.8. The Kier molecular flexibility index (Phi) is 8.61. The Labute approximate surface area is 182 Å². The van der Waals surface area contributed by atoms with Crippen molar-refractivity contribution >= 4 is 27.7 Å². The number of nitriles is 1. The van der Waals surface area contributed by atoms with Crippen molar-refractivity contribution in [3.63, 3.8) is 0 Å². The Morgan fingerprint density at radius 2 is 1.81 bits per heavy atom. The molecule has 9 heteroatoms. The number of sulfonamides is 1. The van der Waals surface area contributed by atoms with Crippen LogP contribution in [0.5, 0.6) is 11.5 Å². The molecule has 0 spiro atoms. The van der Waals surface area contributed by atoms with Crippen LogP contribution in [0.3, 0.4) is 0 Å². The molecule has 164 valence electrons. The van der Waals surface area contributed by atoms with Crippen LogP contribution in [0.2, 0.25) is 0 Å². The van der Waals surface area contributed by atoms with Gasteiger partial charge in [-0.05, 0) is 48.0 Å². The third-order valence-electron chi connectivity index (χ3n) is 4.37. The number of carbonyl (C=O) groups excluding carboxylic acids is 1. The molecule has 2 aromatic rings. The zero-order valence-electron chi connectivity index (χ0n) is 17.7. The molecule has 0 aliphatic heterocycles. The fraction of sp³-hybridized carbons (Fsp3) is 0.273. The Bertz CT molecular complexity index is 1070. The second kappa shape index (κ2) is 11.2. The van der Waals surface area contributed by atoms with E-state index >= 15 is 0 Å². The quantitative estimate of drug-likeness (QED) is 0.565. The normalized spacial score (nSPS) is 11.3. The predicted molar refractivity (Wildman–Crippen MR) is 118 cm³/mol. The fourth-order valence-electron chi connectivity index (χ4n) is 2.80. The summed E-state index contributed by atoms with van der Waals surface area (Å²) in [6.45, 7) is 4.24. The summed E-state index contributed by atoms with van der Waals surface area (Å²) < 4.78 is 36.9. The zero-order chi connectivity index (χ0) is 22.9. The van der Waals surface area contributed by atoms with Crippen molar-refractivity contribution in [2.45, 2.75) is 18.7 Å².